The number of benzene rings is 1. The highest BCUT2D eigenvalue weighted by atomic mass is 32.1. The molecular weight excluding hydrogens is 339 g/mol. The summed E-state index contributed by atoms with van der Waals surface area (Å²) in [5, 5.41) is 1.89. The molecule has 1 saturated heterocycles. The van der Waals surface area contributed by atoms with E-state index >= 15 is 0 Å². The van der Waals surface area contributed by atoms with Crippen molar-refractivity contribution in [3.8, 4) is 0 Å². The maximum Gasteiger partial charge on any atom is 0.264 e. The Balaban J connectivity index is 1.65. The molecule has 1 fully saturated rings. The number of anilines is 1. The molecule has 0 radical (unpaired) electrons. The van der Waals surface area contributed by atoms with Crippen molar-refractivity contribution in [1.82, 2.24) is 4.90 Å². The number of nitrogens with zero attached hydrogens (tertiary/aromatic N) is 2. The van der Waals surface area contributed by atoms with E-state index in [0.29, 0.717) is 43.9 Å². The molecule has 1 aromatic carbocycles. The van der Waals surface area contributed by atoms with Crippen molar-refractivity contribution in [2.75, 3.05) is 31.1 Å². The van der Waals surface area contributed by atoms with Crippen molar-refractivity contribution in [2.45, 2.75) is 19.8 Å². The third kappa shape index (κ3) is 3.90. The summed E-state index contributed by atoms with van der Waals surface area (Å²) < 4.78 is 14.4. The number of ketones is 1. The summed E-state index contributed by atoms with van der Waals surface area (Å²) >= 11 is 1.44. The molecule has 3 rings (SSSR count). The molecule has 1 aromatic heterocycles. The minimum Gasteiger partial charge on any atom is -0.366 e. The second-order valence-electron chi connectivity index (χ2n) is 6.10. The lowest BCUT2D eigenvalue weighted by Crippen LogP contribution is -2.48. The Labute approximate surface area is 150 Å². The van der Waals surface area contributed by atoms with Gasteiger partial charge in [0.25, 0.3) is 5.91 Å². The van der Waals surface area contributed by atoms with Crippen LogP contribution in [0, 0.1) is 5.82 Å². The average molecular weight is 360 g/mol. The van der Waals surface area contributed by atoms with E-state index in [4.69, 9.17) is 0 Å². The van der Waals surface area contributed by atoms with Gasteiger partial charge >= 0.3 is 0 Å². The molecule has 2 heterocycles. The highest BCUT2D eigenvalue weighted by molar-refractivity contribution is 7.12. The van der Waals surface area contributed by atoms with Gasteiger partial charge in [0.1, 0.15) is 5.82 Å². The molecule has 6 heteroatoms. The number of rotatable bonds is 5. The van der Waals surface area contributed by atoms with Gasteiger partial charge in [-0.1, -0.05) is 13.0 Å². The third-order valence-electron chi connectivity index (χ3n) is 4.39. The summed E-state index contributed by atoms with van der Waals surface area (Å²) in [4.78, 5) is 28.7. The summed E-state index contributed by atoms with van der Waals surface area (Å²) in [5.41, 5.74) is 0.922. The number of Topliss-reactive ketones (excluding diaryl/α,β-unsaturated/α-hetero) is 1. The number of carbonyl (C=O) groups excluding carboxylic acids is 2. The van der Waals surface area contributed by atoms with Crippen LogP contribution in [0.2, 0.25) is 0 Å². The van der Waals surface area contributed by atoms with E-state index in [1.54, 1.807) is 17.0 Å². The molecule has 2 aromatic rings. The molecular formula is C19H21FN2O2S. The molecule has 1 aliphatic rings. The van der Waals surface area contributed by atoms with Crippen molar-refractivity contribution in [1.29, 1.82) is 0 Å². The van der Waals surface area contributed by atoms with E-state index in [1.807, 2.05) is 29.3 Å². The molecule has 0 spiro atoms. The van der Waals surface area contributed by atoms with Gasteiger partial charge in [-0.2, -0.15) is 0 Å². The van der Waals surface area contributed by atoms with Gasteiger partial charge in [-0.25, -0.2) is 4.39 Å². The second kappa shape index (κ2) is 7.78. The summed E-state index contributed by atoms with van der Waals surface area (Å²) in [5.74, 6) is -0.366. The number of hydrogen-bond donors (Lipinski definition) is 0. The SMILES string of the molecule is CCCC(=O)c1ccc(N2CCN(C(=O)c3cccs3)CC2)c(F)c1. The van der Waals surface area contributed by atoms with Crippen molar-refractivity contribution < 1.29 is 14.0 Å². The Bertz CT molecular complexity index is 753. The topological polar surface area (TPSA) is 40.6 Å². The molecule has 0 atom stereocenters. The third-order valence-corrected chi connectivity index (χ3v) is 5.24. The summed E-state index contributed by atoms with van der Waals surface area (Å²) in [6.07, 6.45) is 1.19. The van der Waals surface area contributed by atoms with Crippen LogP contribution in [0.5, 0.6) is 0 Å². The molecule has 25 heavy (non-hydrogen) atoms. The van der Waals surface area contributed by atoms with E-state index in [0.717, 1.165) is 11.3 Å². The lowest BCUT2D eigenvalue weighted by atomic mass is 10.1. The number of carbonyl (C=O) groups is 2. The Hall–Kier alpha value is -2.21. The smallest absolute Gasteiger partial charge is 0.264 e. The fourth-order valence-electron chi connectivity index (χ4n) is 3.01. The maximum absolute atomic E-state index is 14.4. The largest absolute Gasteiger partial charge is 0.366 e. The predicted molar refractivity (Wildman–Crippen MR) is 98.1 cm³/mol. The van der Waals surface area contributed by atoms with Gasteiger partial charge < -0.3 is 9.80 Å². The van der Waals surface area contributed by atoms with Crippen LogP contribution >= 0.6 is 11.3 Å². The van der Waals surface area contributed by atoms with Crippen molar-refractivity contribution in [3.05, 3.63) is 52.0 Å². The number of thiophene rings is 1. The van der Waals surface area contributed by atoms with Crippen LogP contribution in [-0.2, 0) is 0 Å². The van der Waals surface area contributed by atoms with Crippen LogP contribution in [0.1, 0.15) is 39.8 Å². The van der Waals surface area contributed by atoms with E-state index < -0.39 is 0 Å². The van der Waals surface area contributed by atoms with E-state index in [9.17, 15) is 14.0 Å². The van der Waals surface area contributed by atoms with Gasteiger partial charge in [0, 0.05) is 38.2 Å². The first kappa shape index (κ1) is 17.6. The first-order chi connectivity index (χ1) is 12.1. The van der Waals surface area contributed by atoms with E-state index in [-0.39, 0.29) is 17.5 Å². The van der Waals surface area contributed by atoms with Crippen LogP contribution in [0.15, 0.2) is 35.7 Å². The van der Waals surface area contributed by atoms with E-state index in [1.165, 1.54) is 17.4 Å². The standard InChI is InChI=1S/C19H21FN2O2S/c1-2-4-17(23)14-6-7-16(15(20)13-14)21-8-10-22(11-9-21)19(24)18-5-3-12-25-18/h3,5-7,12-13H,2,4,8-11H2,1H3. The van der Waals surface area contributed by atoms with Gasteiger partial charge in [0.05, 0.1) is 10.6 Å². The summed E-state index contributed by atoms with van der Waals surface area (Å²) in [6.45, 7) is 4.21. The Morgan fingerprint density at radius 3 is 2.52 bits per heavy atom. The minimum absolute atomic E-state index is 0.0284. The summed E-state index contributed by atoms with van der Waals surface area (Å²) in [6, 6.07) is 8.39. The number of amides is 1. The van der Waals surface area contributed by atoms with Crippen molar-refractivity contribution in [3.63, 3.8) is 0 Å². The van der Waals surface area contributed by atoms with Crippen LogP contribution in [0.3, 0.4) is 0 Å². The van der Waals surface area contributed by atoms with Gasteiger partial charge in [-0.05, 0) is 36.1 Å². The number of hydrogen-bond acceptors (Lipinski definition) is 4. The zero-order chi connectivity index (χ0) is 17.8. The summed E-state index contributed by atoms with van der Waals surface area (Å²) in [7, 11) is 0. The molecule has 1 aliphatic heterocycles. The zero-order valence-corrected chi connectivity index (χ0v) is 15.0. The molecule has 0 bridgehead atoms. The monoisotopic (exact) mass is 360 g/mol. The Morgan fingerprint density at radius 1 is 1.16 bits per heavy atom. The predicted octanol–water partition coefficient (Wildman–Crippen LogP) is 3.83. The van der Waals surface area contributed by atoms with Crippen LogP contribution in [0.4, 0.5) is 10.1 Å². The molecule has 0 saturated carbocycles. The van der Waals surface area contributed by atoms with Gasteiger partial charge in [-0.15, -0.1) is 11.3 Å². The van der Waals surface area contributed by atoms with Gasteiger partial charge in [-0.3, -0.25) is 9.59 Å². The highest BCUT2D eigenvalue weighted by Crippen LogP contribution is 2.23. The Kier molecular flexibility index (Phi) is 5.48. The molecule has 0 N–H and O–H groups in total. The van der Waals surface area contributed by atoms with Gasteiger partial charge in [0.15, 0.2) is 5.78 Å². The molecule has 132 valence electrons. The average Bonchev–Trinajstić information content (AvgIpc) is 3.16. The lowest BCUT2D eigenvalue weighted by molar-refractivity contribution is 0.0751. The molecule has 0 aliphatic carbocycles. The number of halogens is 1. The van der Waals surface area contributed by atoms with Crippen LogP contribution in [0.25, 0.3) is 0 Å². The fraction of sp³-hybridized carbons (Fsp3) is 0.368. The quantitative estimate of drug-likeness (QED) is 0.761. The van der Waals surface area contributed by atoms with E-state index in [2.05, 4.69) is 0 Å². The van der Waals surface area contributed by atoms with Gasteiger partial charge in [0.2, 0.25) is 0 Å². The van der Waals surface area contributed by atoms with Crippen molar-refractivity contribution >= 4 is 28.7 Å². The first-order valence-corrected chi connectivity index (χ1v) is 9.38. The Morgan fingerprint density at radius 2 is 1.92 bits per heavy atom. The zero-order valence-electron chi connectivity index (χ0n) is 14.2. The first-order valence-electron chi connectivity index (χ1n) is 8.50. The van der Waals surface area contributed by atoms with Crippen molar-refractivity contribution in [2.24, 2.45) is 0 Å². The molecule has 4 nitrogen and oxygen atoms in total. The lowest BCUT2D eigenvalue weighted by Gasteiger charge is -2.36. The highest BCUT2D eigenvalue weighted by Gasteiger charge is 2.24. The maximum atomic E-state index is 14.4. The second-order valence-corrected chi connectivity index (χ2v) is 7.04. The fourth-order valence-corrected chi connectivity index (χ4v) is 3.71. The molecule has 0 unspecified atom stereocenters. The molecule has 1 amide bonds. The van der Waals surface area contributed by atoms with Crippen LogP contribution < -0.4 is 4.90 Å². The normalized spacial score (nSPS) is 14.6. The minimum atomic E-state index is -0.375. The van der Waals surface area contributed by atoms with Crippen LogP contribution in [-0.4, -0.2) is 42.8 Å². The number of piperazine rings is 1.